The number of rotatable bonds is 0. The summed E-state index contributed by atoms with van der Waals surface area (Å²) in [6.07, 6.45) is 6.84. The Kier molecular flexibility index (Phi) is 4.18. The van der Waals surface area contributed by atoms with E-state index in [0.717, 1.165) is 25.7 Å². The molecule has 0 aromatic carbocycles. The molecule has 2 atom stereocenters. The van der Waals surface area contributed by atoms with Crippen molar-refractivity contribution in [3.05, 3.63) is 11.8 Å². The minimum atomic E-state index is 0.0717. The van der Waals surface area contributed by atoms with Gasteiger partial charge in [-0.2, -0.15) is 0 Å². The molecular formula is C12H20O2. The van der Waals surface area contributed by atoms with E-state index in [-0.39, 0.29) is 23.4 Å². The number of hydrogen-bond acceptors (Lipinski definition) is 2. The standard InChI is InChI=1S/C12H20O2/c1-9-6-4-3-5-7-10(2)12(14)8-11(9)13/h8-10,13H,3-7H2,1-2H3/b11-8-. The SMILES string of the molecule is CC1CCCCCC(C)/C(O)=C/C1=O. The Morgan fingerprint density at radius 1 is 1.14 bits per heavy atom. The van der Waals surface area contributed by atoms with Gasteiger partial charge in [-0.05, 0) is 12.8 Å². The third kappa shape index (κ3) is 3.17. The van der Waals surface area contributed by atoms with E-state index in [4.69, 9.17) is 0 Å². The fraction of sp³-hybridized carbons (Fsp3) is 0.750. The summed E-state index contributed by atoms with van der Waals surface area (Å²) in [6.45, 7) is 3.92. The first-order valence-electron chi connectivity index (χ1n) is 5.55. The zero-order chi connectivity index (χ0) is 10.6. The summed E-state index contributed by atoms with van der Waals surface area (Å²) in [7, 11) is 0. The van der Waals surface area contributed by atoms with E-state index in [1.807, 2.05) is 13.8 Å². The maximum Gasteiger partial charge on any atom is 0.161 e. The van der Waals surface area contributed by atoms with Crippen molar-refractivity contribution >= 4 is 5.78 Å². The Morgan fingerprint density at radius 3 is 2.36 bits per heavy atom. The Morgan fingerprint density at radius 2 is 1.71 bits per heavy atom. The monoisotopic (exact) mass is 196 g/mol. The van der Waals surface area contributed by atoms with Gasteiger partial charge in [0.25, 0.3) is 0 Å². The van der Waals surface area contributed by atoms with Gasteiger partial charge in [-0.25, -0.2) is 0 Å². The quantitative estimate of drug-likeness (QED) is 0.645. The maximum absolute atomic E-state index is 11.6. The van der Waals surface area contributed by atoms with Gasteiger partial charge in [0.05, 0.1) is 5.76 Å². The van der Waals surface area contributed by atoms with Crippen LogP contribution in [-0.2, 0) is 4.79 Å². The van der Waals surface area contributed by atoms with Crippen LogP contribution in [0.3, 0.4) is 0 Å². The van der Waals surface area contributed by atoms with Crippen molar-refractivity contribution in [1.29, 1.82) is 0 Å². The first-order valence-corrected chi connectivity index (χ1v) is 5.55. The lowest BCUT2D eigenvalue weighted by atomic mass is 9.92. The van der Waals surface area contributed by atoms with Crippen LogP contribution in [0.2, 0.25) is 0 Å². The first kappa shape index (κ1) is 11.3. The lowest BCUT2D eigenvalue weighted by Crippen LogP contribution is -2.12. The Labute approximate surface area is 86.0 Å². The number of carbonyl (C=O) groups excluding carboxylic acids is 1. The topological polar surface area (TPSA) is 37.3 Å². The second-order valence-corrected chi connectivity index (χ2v) is 4.41. The minimum absolute atomic E-state index is 0.0717. The molecule has 2 heteroatoms. The maximum atomic E-state index is 11.6. The molecule has 0 saturated carbocycles. The molecule has 80 valence electrons. The van der Waals surface area contributed by atoms with Crippen LogP contribution in [0.5, 0.6) is 0 Å². The zero-order valence-corrected chi connectivity index (χ0v) is 9.12. The highest BCUT2D eigenvalue weighted by Gasteiger charge is 2.15. The number of hydrogen-bond donors (Lipinski definition) is 1. The number of aliphatic hydroxyl groups is 1. The van der Waals surface area contributed by atoms with Crippen molar-refractivity contribution < 1.29 is 9.90 Å². The largest absolute Gasteiger partial charge is 0.512 e. The summed E-state index contributed by atoms with van der Waals surface area (Å²) in [5.74, 6) is 0.562. The highest BCUT2D eigenvalue weighted by Crippen LogP contribution is 2.21. The lowest BCUT2D eigenvalue weighted by Gasteiger charge is -2.15. The molecule has 0 bridgehead atoms. The number of allylic oxidation sites excluding steroid dienone is 2. The van der Waals surface area contributed by atoms with Crippen molar-refractivity contribution in [1.82, 2.24) is 0 Å². The third-order valence-corrected chi connectivity index (χ3v) is 3.06. The average molecular weight is 196 g/mol. The van der Waals surface area contributed by atoms with Crippen molar-refractivity contribution in [3.63, 3.8) is 0 Å². The summed E-state index contributed by atoms with van der Waals surface area (Å²) < 4.78 is 0. The van der Waals surface area contributed by atoms with Crippen LogP contribution in [-0.4, -0.2) is 10.9 Å². The minimum Gasteiger partial charge on any atom is -0.512 e. The predicted molar refractivity (Wildman–Crippen MR) is 57.1 cm³/mol. The van der Waals surface area contributed by atoms with Gasteiger partial charge in [0.2, 0.25) is 0 Å². The molecule has 1 N–H and O–H groups in total. The summed E-state index contributed by atoms with van der Waals surface area (Å²) in [4.78, 5) is 11.6. The highest BCUT2D eigenvalue weighted by molar-refractivity contribution is 5.91. The molecule has 1 aliphatic carbocycles. The lowest BCUT2D eigenvalue weighted by molar-refractivity contribution is -0.118. The summed E-state index contributed by atoms with van der Waals surface area (Å²) in [6, 6.07) is 0. The van der Waals surface area contributed by atoms with Crippen LogP contribution in [0.25, 0.3) is 0 Å². The van der Waals surface area contributed by atoms with Gasteiger partial charge in [0.15, 0.2) is 5.78 Å². The fourth-order valence-corrected chi connectivity index (χ4v) is 1.80. The average Bonchev–Trinajstić information content (AvgIpc) is 2.15. The molecule has 0 saturated heterocycles. The van der Waals surface area contributed by atoms with Crippen LogP contribution < -0.4 is 0 Å². The molecule has 14 heavy (non-hydrogen) atoms. The molecule has 0 aromatic heterocycles. The molecule has 1 aliphatic rings. The molecule has 2 unspecified atom stereocenters. The smallest absolute Gasteiger partial charge is 0.161 e. The fourth-order valence-electron chi connectivity index (χ4n) is 1.80. The Bertz CT molecular complexity index is 230. The first-order chi connectivity index (χ1) is 6.61. The van der Waals surface area contributed by atoms with E-state index in [1.54, 1.807) is 0 Å². The van der Waals surface area contributed by atoms with E-state index in [0.29, 0.717) is 0 Å². The highest BCUT2D eigenvalue weighted by atomic mass is 16.3. The number of ketones is 1. The van der Waals surface area contributed by atoms with Crippen LogP contribution in [0, 0.1) is 11.8 Å². The van der Waals surface area contributed by atoms with Crippen LogP contribution >= 0.6 is 0 Å². The van der Waals surface area contributed by atoms with Gasteiger partial charge in [-0.15, -0.1) is 0 Å². The van der Waals surface area contributed by atoms with Gasteiger partial charge in [-0.3, -0.25) is 4.79 Å². The molecule has 0 radical (unpaired) electrons. The van der Waals surface area contributed by atoms with Crippen LogP contribution in [0.15, 0.2) is 11.8 Å². The van der Waals surface area contributed by atoms with E-state index >= 15 is 0 Å². The molecule has 0 spiro atoms. The molecule has 0 heterocycles. The van der Waals surface area contributed by atoms with Crippen LogP contribution in [0.1, 0.15) is 46.0 Å². The van der Waals surface area contributed by atoms with E-state index in [9.17, 15) is 9.90 Å². The number of aliphatic hydroxyl groups excluding tert-OH is 1. The molecule has 0 fully saturated rings. The zero-order valence-electron chi connectivity index (χ0n) is 9.12. The van der Waals surface area contributed by atoms with Crippen LogP contribution in [0.4, 0.5) is 0 Å². The molecular weight excluding hydrogens is 176 g/mol. The molecule has 0 aromatic rings. The third-order valence-electron chi connectivity index (χ3n) is 3.06. The Hall–Kier alpha value is -0.790. The van der Waals surface area contributed by atoms with Crippen molar-refractivity contribution in [2.45, 2.75) is 46.0 Å². The summed E-state index contributed by atoms with van der Waals surface area (Å²) in [5.41, 5.74) is 0. The molecule has 2 nitrogen and oxygen atoms in total. The van der Waals surface area contributed by atoms with Crippen molar-refractivity contribution in [2.24, 2.45) is 11.8 Å². The van der Waals surface area contributed by atoms with Gasteiger partial charge < -0.3 is 5.11 Å². The second-order valence-electron chi connectivity index (χ2n) is 4.41. The Balaban J connectivity index is 2.71. The molecule has 0 aliphatic heterocycles. The summed E-state index contributed by atoms with van der Waals surface area (Å²) >= 11 is 0. The second kappa shape index (κ2) is 5.18. The summed E-state index contributed by atoms with van der Waals surface area (Å²) in [5, 5.41) is 9.63. The van der Waals surface area contributed by atoms with Crippen molar-refractivity contribution in [3.8, 4) is 0 Å². The van der Waals surface area contributed by atoms with Gasteiger partial charge in [0, 0.05) is 17.9 Å². The van der Waals surface area contributed by atoms with Gasteiger partial charge in [0.1, 0.15) is 0 Å². The van der Waals surface area contributed by atoms with E-state index in [2.05, 4.69) is 0 Å². The molecule has 1 rings (SSSR count). The van der Waals surface area contributed by atoms with E-state index < -0.39 is 0 Å². The predicted octanol–water partition coefficient (Wildman–Crippen LogP) is 3.23. The normalized spacial score (nSPS) is 34.7. The van der Waals surface area contributed by atoms with Crippen molar-refractivity contribution in [2.75, 3.05) is 0 Å². The van der Waals surface area contributed by atoms with Gasteiger partial charge in [-0.1, -0.05) is 33.1 Å². The van der Waals surface area contributed by atoms with Gasteiger partial charge >= 0.3 is 0 Å². The number of carbonyl (C=O) groups is 1. The van der Waals surface area contributed by atoms with E-state index in [1.165, 1.54) is 12.5 Å². The molecule has 0 amide bonds.